The molecule has 2 N–H and O–H groups in total. The van der Waals surface area contributed by atoms with Gasteiger partial charge in [0.1, 0.15) is 11.9 Å². The van der Waals surface area contributed by atoms with Gasteiger partial charge in [-0.05, 0) is 73.1 Å². The third-order valence-corrected chi connectivity index (χ3v) is 8.21. The number of carbonyl (C=O) groups excluding carboxylic acids is 2. The van der Waals surface area contributed by atoms with E-state index in [4.69, 9.17) is 11.6 Å². The molecule has 0 saturated carbocycles. The summed E-state index contributed by atoms with van der Waals surface area (Å²) in [5, 5.41) is 13.9. The second kappa shape index (κ2) is 14.2. The molecular formula is C35H36ClF4N3O3. The number of carbonyl (C=O) groups is 2. The van der Waals surface area contributed by atoms with Crippen LogP contribution in [0.3, 0.4) is 0 Å². The van der Waals surface area contributed by atoms with Gasteiger partial charge in [0, 0.05) is 26.6 Å². The third kappa shape index (κ3) is 8.63. The van der Waals surface area contributed by atoms with Crippen molar-refractivity contribution in [3.05, 3.63) is 112 Å². The number of benzene rings is 3. The number of hydrogen-bond acceptors (Lipinski definition) is 4. The second-order valence-corrected chi connectivity index (χ2v) is 12.3. The van der Waals surface area contributed by atoms with Crippen LogP contribution in [-0.4, -0.2) is 72.6 Å². The molecule has 3 unspecified atom stereocenters. The predicted octanol–water partition coefficient (Wildman–Crippen LogP) is 6.23. The quantitative estimate of drug-likeness (QED) is 0.254. The van der Waals surface area contributed by atoms with Gasteiger partial charge in [-0.2, -0.15) is 13.2 Å². The van der Waals surface area contributed by atoms with Crippen LogP contribution in [0.2, 0.25) is 5.02 Å². The van der Waals surface area contributed by atoms with Crippen LogP contribution in [0.15, 0.2) is 85.0 Å². The van der Waals surface area contributed by atoms with E-state index in [0.29, 0.717) is 29.8 Å². The second-order valence-electron chi connectivity index (χ2n) is 11.9. The normalized spacial score (nSPS) is 18.7. The number of halogens is 5. The smallest absolute Gasteiger partial charge is 0.385 e. The highest BCUT2D eigenvalue weighted by Gasteiger charge is 2.38. The van der Waals surface area contributed by atoms with E-state index in [0.717, 1.165) is 23.3 Å². The number of alkyl halides is 3. The topological polar surface area (TPSA) is 72.9 Å². The number of nitrogens with one attached hydrogen (secondary N) is 1. The first-order valence-electron chi connectivity index (χ1n) is 14.6. The summed E-state index contributed by atoms with van der Waals surface area (Å²) in [6.07, 6.45) is 0.127. The maximum Gasteiger partial charge on any atom is 0.416 e. The van der Waals surface area contributed by atoms with Crippen LogP contribution >= 0.6 is 11.6 Å². The number of likely N-dealkylation sites (N-methyl/N-ethyl adjacent to an activating group) is 2. The van der Waals surface area contributed by atoms with Crippen molar-refractivity contribution in [1.29, 1.82) is 0 Å². The largest absolute Gasteiger partial charge is 0.416 e. The lowest BCUT2D eigenvalue weighted by Crippen LogP contribution is -2.53. The van der Waals surface area contributed by atoms with Gasteiger partial charge in [0.05, 0.1) is 22.1 Å². The fraction of sp³-hybridized carbons (Fsp3) is 0.314. The van der Waals surface area contributed by atoms with E-state index in [1.165, 1.54) is 48.2 Å². The monoisotopic (exact) mass is 657 g/mol. The van der Waals surface area contributed by atoms with Crippen LogP contribution in [-0.2, 0) is 22.2 Å². The Morgan fingerprint density at radius 1 is 0.957 bits per heavy atom. The zero-order valence-corrected chi connectivity index (χ0v) is 26.7. The average molecular weight is 658 g/mol. The molecular weight excluding hydrogens is 622 g/mol. The fourth-order valence-corrected chi connectivity index (χ4v) is 5.26. The van der Waals surface area contributed by atoms with Crippen molar-refractivity contribution in [3.63, 3.8) is 0 Å². The van der Waals surface area contributed by atoms with Crippen molar-refractivity contribution in [2.24, 2.45) is 5.92 Å². The van der Waals surface area contributed by atoms with E-state index < -0.39 is 41.0 Å². The summed E-state index contributed by atoms with van der Waals surface area (Å²) in [5.41, 5.74) is 0.721. The van der Waals surface area contributed by atoms with Crippen LogP contribution in [0.25, 0.3) is 16.7 Å². The molecule has 0 bridgehead atoms. The molecule has 0 fully saturated rings. The number of rotatable bonds is 10. The van der Waals surface area contributed by atoms with Crippen LogP contribution in [0.5, 0.6) is 0 Å². The Labute approximate surface area is 271 Å². The summed E-state index contributed by atoms with van der Waals surface area (Å²) in [7, 11) is 5.41. The number of allylic oxidation sites excluding steroid dienone is 2. The molecule has 1 aliphatic carbocycles. The van der Waals surface area contributed by atoms with Gasteiger partial charge in [-0.3, -0.25) is 9.59 Å². The molecule has 4 rings (SSSR count). The molecule has 3 atom stereocenters. The van der Waals surface area contributed by atoms with Crippen LogP contribution in [0.4, 0.5) is 17.6 Å². The molecule has 2 amide bonds. The van der Waals surface area contributed by atoms with Crippen molar-refractivity contribution >= 4 is 29.0 Å². The zero-order chi connectivity index (χ0) is 33.8. The Hall–Kier alpha value is -3.99. The van der Waals surface area contributed by atoms with Crippen molar-refractivity contribution < 1.29 is 32.3 Å². The van der Waals surface area contributed by atoms with Crippen LogP contribution in [0.1, 0.15) is 23.6 Å². The van der Waals surface area contributed by atoms with E-state index in [-0.39, 0.29) is 17.4 Å². The summed E-state index contributed by atoms with van der Waals surface area (Å²) < 4.78 is 52.9. The zero-order valence-electron chi connectivity index (χ0n) is 25.9. The molecule has 0 aromatic heterocycles. The molecule has 46 heavy (non-hydrogen) atoms. The maximum atomic E-state index is 13.7. The highest BCUT2D eigenvalue weighted by molar-refractivity contribution is 6.31. The van der Waals surface area contributed by atoms with Gasteiger partial charge < -0.3 is 20.2 Å². The number of nitrogens with zero attached hydrogens (tertiary/aromatic N) is 2. The minimum atomic E-state index is -4.49. The first-order chi connectivity index (χ1) is 21.5. The summed E-state index contributed by atoms with van der Waals surface area (Å²) in [4.78, 5) is 30.9. The Balaban J connectivity index is 1.59. The SMILES string of the molecule is CN(C)CCN(C)C(=O)C(Cc1ccc(-c2ccc(F)c(Cl)c2)cc1)NC(=O)C1C=C(c2ccc(C(F)(F)F)cc2)C=CC1(C)O. The molecule has 0 heterocycles. The summed E-state index contributed by atoms with van der Waals surface area (Å²) >= 11 is 5.95. The molecule has 1 aliphatic rings. The van der Waals surface area contributed by atoms with Gasteiger partial charge in [-0.15, -0.1) is 0 Å². The van der Waals surface area contributed by atoms with E-state index in [2.05, 4.69) is 5.32 Å². The Bertz CT molecular complexity index is 1620. The fourth-order valence-electron chi connectivity index (χ4n) is 5.08. The Morgan fingerprint density at radius 3 is 2.15 bits per heavy atom. The number of hydrogen-bond donors (Lipinski definition) is 2. The number of amides is 2. The van der Waals surface area contributed by atoms with Crippen molar-refractivity contribution in [2.75, 3.05) is 34.2 Å². The van der Waals surface area contributed by atoms with E-state index >= 15 is 0 Å². The molecule has 0 spiro atoms. The van der Waals surface area contributed by atoms with Crippen molar-refractivity contribution in [1.82, 2.24) is 15.1 Å². The molecule has 0 radical (unpaired) electrons. The summed E-state index contributed by atoms with van der Waals surface area (Å²) in [6, 6.07) is 15.2. The third-order valence-electron chi connectivity index (χ3n) is 7.92. The molecule has 244 valence electrons. The lowest BCUT2D eigenvalue weighted by molar-refractivity contribution is -0.138. The lowest BCUT2D eigenvalue weighted by atomic mass is 9.80. The van der Waals surface area contributed by atoms with E-state index in [9.17, 15) is 32.3 Å². The van der Waals surface area contributed by atoms with Gasteiger partial charge >= 0.3 is 6.18 Å². The lowest BCUT2D eigenvalue weighted by Gasteiger charge is -2.33. The number of aliphatic hydroxyl groups is 1. The molecule has 0 saturated heterocycles. The summed E-state index contributed by atoms with van der Waals surface area (Å²) in [6.45, 7) is 2.46. The van der Waals surface area contributed by atoms with Crippen molar-refractivity contribution in [3.8, 4) is 11.1 Å². The Kier molecular flexibility index (Phi) is 10.8. The molecule has 11 heteroatoms. The van der Waals surface area contributed by atoms with Gasteiger partial charge in [-0.25, -0.2) is 4.39 Å². The Morgan fingerprint density at radius 2 is 1.57 bits per heavy atom. The minimum absolute atomic E-state index is 0.000295. The molecule has 3 aromatic carbocycles. The van der Waals surface area contributed by atoms with Crippen LogP contribution in [0, 0.1) is 11.7 Å². The van der Waals surface area contributed by atoms with Crippen LogP contribution < -0.4 is 5.32 Å². The molecule has 6 nitrogen and oxygen atoms in total. The molecule has 3 aromatic rings. The van der Waals surface area contributed by atoms with Gasteiger partial charge in [0.2, 0.25) is 11.8 Å². The van der Waals surface area contributed by atoms with Gasteiger partial charge in [-0.1, -0.05) is 72.3 Å². The minimum Gasteiger partial charge on any atom is -0.385 e. The first-order valence-corrected chi connectivity index (χ1v) is 15.0. The first kappa shape index (κ1) is 34.9. The van der Waals surface area contributed by atoms with E-state index in [1.54, 1.807) is 31.3 Å². The highest BCUT2D eigenvalue weighted by atomic mass is 35.5. The van der Waals surface area contributed by atoms with Gasteiger partial charge in [0.25, 0.3) is 0 Å². The van der Waals surface area contributed by atoms with Gasteiger partial charge in [0.15, 0.2) is 0 Å². The predicted molar refractivity (Wildman–Crippen MR) is 171 cm³/mol. The van der Waals surface area contributed by atoms with Crippen molar-refractivity contribution in [2.45, 2.75) is 31.2 Å². The maximum absolute atomic E-state index is 13.7. The summed E-state index contributed by atoms with van der Waals surface area (Å²) in [5.74, 6) is -2.60. The van der Waals surface area contributed by atoms with E-state index in [1.807, 2.05) is 31.1 Å². The highest BCUT2D eigenvalue weighted by Crippen LogP contribution is 2.34. The standard InChI is InChI=1S/C35H36ClF4N3O3/c1-34(46)16-15-26(24-9-12-27(13-10-24)35(38,39)40)20-28(34)32(44)41-31(33(45)43(4)18-17-42(2)3)19-22-5-7-23(8-6-22)25-11-14-30(37)29(36)21-25/h5-16,20-21,28,31,46H,17-19H2,1-4H3,(H,41,44). The molecule has 0 aliphatic heterocycles. The average Bonchev–Trinajstić information content (AvgIpc) is 3.00.